The van der Waals surface area contributed by atoms with Gasteiger partial charge in [-0.3, -0.25) is 4.99 Å². The molecule has 0 spiro atoms. The van der Waals surface area contributed by atoms with Gasteiger partial charge in [-0.1, -0.05) is 37.3 Å². The summed E-state index contributed by atoms with van der Waals surface area (Å²) in [5.41, 5.74) is 3.62. The first-order valence-electron chi connectivity index (χ1n) is 8.29. The van der Waals surface area contributed by atoms with E-state index in [9.17, 15) is 0 Å². The van der Waals surface area contributed by atoms with Crippen molar-refractivity contribution < 1.29 is 4.74 Å². The lowest BCUT2D eigenvalue weighted by Gasteiger charge is -2.13. The molecule has 128 valence electrons. The van der Waals surface area contributed by atoms with Crippen LogP contribution in [0.15, 0.2) is 47.6 Å². The van der Waals surface area contributed by atoms with Gasteiger partial charge in [0.25, 0.3) is 0 Å². The van der Waals surface area contributed by atoms with Crippen LogP contribution in [-0.2, 0) is 13.1 Å². The molecule has 0 radical (unpaired) electrons. The van der Waals surface area contributed by atoms with Gasteiger partial charge < -0.3 is 15.4 Å². The molecule has 0 amide bonds. The van der Waals surface area contributed by atoms with Crippen molar-refractivity contribution in [1.29, 1.82) is 0 Å². The first-order valence-corrected chi connectivity index (χ1v) is 8.29. The molecule has 0 aliphatic rings. The monoisotopic (exact) mass is 326 g/mol. The second kappa shape index (κ2) is 9.55. The molecule has 0 aliphatic carbocycles. The minimum absolute atomic E-state index is 0.661. The number of nitrogens with zero attached hydrogens (tertiary/aromatic N) is 2. The van der Waals surface area contributed by atoms with E-state index in [4.69, 9.17) is 4.74 Å². The number of pyridine rings is 1. The van der Waals surface area contributed by atoms with Gasteiger partial charge in [0.05, 0.1) is 6.61 Å². The van der Waals surface area contributed by atoms with Crippen LogP contribution in [0.3, 0.4) is 0 Å². The van der Waals surface area contributed by atoms with Crippen LogP contribution in [0.4, 0.5) is 0 Å². The Morgan fingerprint density at radius 1 is 1.12 bits per heavy atom. The van der Waals surface area contributed by atoms with Crippen LogP contribution < -0.4 is 15.4 Å². The zero-order valence-electron chi connectivity index (χ0n) is 14.7. The number of aliphatic imine (C=N–C) groups is 1. The van der Waals surface area contributed by atoms with Gasteiger partial charge in [-0.05, 0) is 30.0 Å². The maximum Gasteiger partial charge on any atom is 0.213 e. The number of aryl methyl sites for hydroxylation is 1. The molecule has 5 heteroatoms. The number of aromatic nitrogens is 1. The summed E-state index contributed by atoms with van der Waals surface area (Å²) in [5.74, 6) is 1.44. The number of guanidine groups is 1. The summed E-state index contributed by atoms with van der Waals surface area (Å²) in [5, 5.41) is 6.63. The molecular weight excluding hydrogens is 300 g/mol. The van der Waals surface area contributed by atoms with E-state index in [1.807, 2.05) is 30.5 Å². The fraction of sp³-hybridized carbons (Fsp3) is 0.368. The van der Waals surface area contributed by atoms with Crippen LogP contribution in [-0.4, -0.2) is 24.6 Å². The Hall–Kier alpha value is -2.56. The summed E-state index contributed by atoms with van der Waals surface area (Å²) in [6.07, 6.45) is 2.81. The molecule has 1 heterocycles. The van der Waals surface area contributed by atoms with Crippen LogP contribution in [0.2, 0.25) is 0 Å². The molecule has 0 fully saturated rings. The molecule has 1 aromatic heterocycles. The van der Waals surface area contributed by atoms with Gasteiger partial charge in [-0.2, -0.15) is 0 Å². The van der Waals surface area contributed by atoms with Gasteiger partial charge >= 0.3 is 0 Å². The van der Waals surface area contributed by atoms with Gasteiger partial charge in [-0.15, -0.1) is 0 Å². The van der Waals surface area contributed by atoms with Crippen LogP contribution in [0.5, 0.6) is 5.88 Å². The third-order valence-electron chi connectivity index (χ3n) is 3.64. The average Bonchev–Trinajstić information content (AvgIpc) is 2.62. The maximum atomic E-state index is 5.49. The molecule has 0 aliphatic heterocycles. The molecule has 1 aromatic carbocycles. The lowest BCUT2D eigenvalue weighted by molar-refractivity contribution is 0.305. The fourth-order valence-electron chi connectivity index (χ4n) is 2.20. The normalized spacial score (nSPS) is 11.2. The Bertz CT molecular complexity index is 653. The van der Waals surface area contributed by atoms with Gasteiger partial charge in [0.1, 0.15) is 0 Å². The van der Waals surface area contributed by atoms with Gasteiger partial charge in [0, 0.05) is 32.4 Å². The van der Waals surface area contributed by atoms with Crippen molar-refractivity contribution >= 4 is 5.96 Å². The summed E-state index contributed by atoms with van der Waals surface area (Å²) in [7, 11) is 1.77. The van der Waals surface area contributed by atoms with Crippen molar-refractivity contribution in [3.63, 3.8) is 0 Å². The van der Waals surface area contributed by atoms with E-state index in [0.717, 1.165) is 24.5 Å². The summed E-state index contributed by atoms with van der Waals surface area (Å²) in [4.78, 5) is 8.56. The molecule has 0 saturated carbocycles. The number of nitrogens with one attached hydrogen (secondary N) is 2. The molecule has 2 aromatic rings. The molecule has 0 saturated heterocycles. The highest BCUT2D eigenvalue weighted by Crippen LogP contribution is 2.08. The van der Waals surface area contributed by atoms with E-state index < -0.39 is 0 Å². The van der Waals surface area contributed by atoms with E-state index in [-0.39, 0.29) is 0 Å². The summed E-state index contributed by atoms with van der Waals surface area (Å²) in [6, 6.07) is 12.2. The third-order valence-corrected chi connectivity index (χ3v) is 3.64. The molecule has 2 N–H and O–H groups in total. The Kier molecular flexibility index (Phi) is 7.08. The Labute approximate surface area is 144 Å². The zero-order valence-corrected chi connectivity index (χ0v) is 14.7. The van der Waals surface area contributed by atoms with Gasteiger partial charge in [-0.25, -0.2) is 4.98 Å². The predicted octanol–water partition coefficient (Wildman–Crippen LogP) is 3.04. The fourth-order valence-corrected chi connectivity index (χ4v) is 2.20. The second-order valence-corrected chi connectivity index (χ2v) is 5.56. The van der Waals surface area contributed by atoms with Crippen LogP contribution in [0.1, 0.15) is 30.0 Å². The van der Waals surface area contributed by atoms with Crippen molar-refractivity contribution in [1.82, 2.24) is 15.6 Å². The van der Waals surface area contributed by atoms with Crippen molar-refractivity contribution in [3.8, 4) is 5.88 Å². The number of rotatable bonds is 7. The van der Waals surface area contributed by atoms with E-state index >= 15 is 0 Å². The summed E-state index contributed by atoms with van der Waals surface area (Å²) in [6.45, 7) is 6.29. The third kappa shape index (κ3) is 5.57. The largest absolute Gasteiger partial charge is 0.478 e. The molecular formula is C19H26N4O. The van der Waals surface area contributed by atoms with E-state index in [2.05, 4.69) is 46.6 Å². The highest BCUT2D eigenvalue weighted by Gasteiger charge is 2.02. The SMILES string of the molecule is CCCOc1ccc(CNC(=NC)NCc2ccccc2C)cn1. The van der Waals surface area contributed by atoms with Crippen LogP contribution in [0, 0.1) is 6.92 Å². The molecule has 0 bridgehead atoms. The quantitative estimate of drug-likeness (QED) is 0.606. The lowest BCUT2D eigenvalue weighted by Crippen LogP contribution is -2.36. The van der Waals surface area contributed by atoms with Crippen LogP contribution in [0.25, 0.3) is 0 Å². The Morgan fingerprint density at radius 3 is 2.58 bits per heavy atom. The van der Waals surface area contributed by atoms with Crippen molar-refractivity contribution in [3.05, 3.63) is 59.3 Å². The Balaban J connectivity index is 1.82. The van der Waals surface area contributed by atoms with Gasteiger partial charge in [0.15, 0.2) is 5.96 Å². The number of ether oxygens (including phenoxy) is 1. The number of hydrogen-bond donors (Lipinski definition) is 2. The molecule has 5 nitrogen and oxygen atoms in total. The summed E-state index contributed by atoms with van der Waals surface area (Å²) >= 11 is 0. The van der Waals surface area contributed by atoms with E-state index in [1.165, 1.54) is 11.1 Å². The number of benzene rings is 1. The molecule has 0 unspecified atom stereocenters. The second-order valence-electron chi connectivity index (χ2n) is 5.56. The van der Waals surface area contributed by atoms with Crippen LogP contribution >= 0.6 is 0 Å². The van der Waals surface area contributed by atoms with Crippen molar-refractivity contribution in [2.75, 3.05) is 13.7 Å². The first kappa shape index (κ1) is 17.8. The highest BCUT2D eigenvalue weighted by atomic mass is 16.5. The van der Waals surface area contributed by atoms with E-state index in [0.29, 0.717) is 19.0 Å². The van der Waals surface area contributed by atoms with Gasteiger partial charge in [0.2, 0.25) is 5.88 Å². The zero-order chi connectivity index (χ0) is 17.2. The molecule has 24 heavy (non-hydrogen) atoms. The topological polar surface area (TPSA) is 58.5 Å². The Morgan fingerprint density at radius 2 is 1.92 bits per heavy atom. The minimum Gasteiger partial charge on any atom is -0.478 e. The summed E-state index contributed by atoms with van der Waals surface area (Å²) < 4.78 is 5.49. The smallest absolute Gasteiger partial charge is 0.213 e. The average molecular weight is 326 g/mol. The highest BCUT2D eigenvalue weighted by molar-refractivity contribution is 5.79. The lowest BCUT2D eigenvalue weighted by atomic mass is 10.1. The molecule has 2 rings (SSSR count). The molecule has 0 atom stereocenters. The standard InChI is InChI=1S/C19H26N4O/c1-4-11-24-18-10-9-16(12-21-18)13-22-19(20-3)23-14-17-8-6-5-7-15(17)2/h5-10,12H,4,11,13-14H2,1-3H3,(H2,20,22,23). The van der Waals surface area contributed by atoms with Crippen molar-refractivity contribution in [2.45, 2.75) is 33.4 Å². The minimum atomic E-state index is 0.661. The number of hydrogen-bond acceptors (Lipinski definition) is 3. The predicted molar refractivity (Wildman–Crippen MR) is 98.2 cm³/mol. The maximum absolute atomic E-state index is 5.49. The van der Waals surface area contributed by atoms with E-state index in [1.54, 1.807) is 7.05 Å². The van der Waals surface area contributed by atoms with Crippen molar-refractivity contribution in [2.24, 2.45) is 4.99 Å². The first-order chi connectivity index (χ1) is 11.7.